The fraction of sp³-hybridized carbons (Fsp3) is 0. The Labute approximate surface area is 336 Å². The van der Waals surface area contributed by atoms with Crippen LogP contribution in [-0.4, -0.2) is 19.9 Å². The molecular weight excluding hydrogens is 729 g/mol. The Morgan fingerprint density at radius 1 is 0.345 bits per heavy atom. The highest BCUT2D eigenvalue weighted by Crippen LogP contribution is 2.43. The van der Waals surface area contributed by atoms with Crippen LogP contribution in [0.15, 0.2) is 186 Å². The van der Waals surface area contributed by atoms with Crippen LogP contribution in [-0.2, 0) is 0 Å². The number of nitrogens with zero attached hydrogens (tertiary/aromatic N) is 4. The topological polar surface area (TPSA) is 64.7 Å². The molecule has 6 heteroatoms. The van der Waals surface area contributed by atoms with E-state index in [1.807, 2.05) is 60.7 Å². The zero-order chi connectivity index (χ0) is 38.2. The molecule has 0 saturated carbocycles. The molecule has 0 bridgehead atoms. The van der Waals surface area contributed by atoms with E-state index in [0.29, 0.717) is 17.5 Å². The molecule has 0 fully saturated rings. The quantitative estimate of drug-likeness (QED) is 0.175. The number of fused-ring (bicyclic) bond motifs is 9. The van der Waals surface area contributed by atoms with E-state index in [4.69, 9.17) is 24.4 Å². The fourth-order valence-corrected chi connectivity index (χ4v) is 9.56. The summed E-state index contributed by atoms with van der Waals surface area (Å²) in [5.74, 6) is 1.77. The number of benzene rings is 8. The molecule has 12 aromatic rings. The summed E-state index contributed by atoms with van der Waals surface area (Å²) in [6.45, 7) is 0. The molecule has 0 unspecified atom stereocenters. The van der Waals surface area contributed by atoms with Gasteiger partial charge in [0.25, 0.3) is 0 Å². The average molecular weight is 759 g/mol. The number of thiophene rings is 1. The summed E-state index contributed by atoms with van der Waals surface area (Å²) in [7, 11) is 0. The van der Waals surface area contributed by atoms with Gasteiger partial charge in [0, 0.05) is 48.3 Å². The van der Waals surface area contributed by atoms with Crippen LogP contribution in [0.4, 0.5) is 0 Å². The molecule has 0 N–H and O–H groups in total. The van der Waals surface area contributed by atoms with E-state index in [0.717, 1.165) is 76.6 Å². The van der Waals surface area contributed by atoms with Crippen molar-refractivity contribution in [1.82, 2.24) is 19.9 Å². The van der Waals surface area contributed by atoms with E-state index in [2.05, 4.69) is 121 Å². The summed E-state index contributed by atoms with van der Waals surface area (Å²) in [5, 5.41) is 9.31. The third-order valence-corrected chi connectivity index (χ3v) is 12.3. The zero-order valence-electron chi connectivity index (χ0n) is 30.9. The SMILES string of the molecule is c1ccc(-c2nc(-c3ccc(-c4ccc(-c5nc6sc7ccccc7c6c6ccccc56)c5ccccc45)cc3)nc(-c3cccc4c3oc3ccccc34)n2)cc1. The first kappa shape index (κ1) is 32.7. The van der Waals surface area contributed by atoms with E-state index in [9.17, 15) is 0 Å². The Morgan fingerprint density at radius 3 is 1.71 bits per heavy atom. The maximum Gasteiger partial charge on any atom is 0.167 e. The van der Waals surface area contributed by atoms with Crippen molar-refractivity contribution in [2.24, 2.45) is 0 Å². The Morgan fingerprint density at radius 2 is 0.914 bits per heavy atom. The monoisotopic (exact) mass is 758 g/mol. The van der Waals surface area contributed by atoms with Crippen LogP contribution in [0.5, 0.6) is 0 Å². The predicted molar refractivity (Wildman–Crippen MR) is 240 cm³/mol. The number of para-hydroxylation sites is 2. The highest BCUT2D eigenvalue weighted by Gasteiger charge is 2.20. The highest BCUT2D eigenvalue weighted by atomic mass is 32.1. The molecule has 0 spiro atoms. The average Bonchev–Trinajstić information content (AvgIpc) is 3.87. The molecule has 4 aromatic heterocycles. The van der Waals surface area contributed by atoms with Crippen molar-refractivity contribution in [3.8, 4) is 56.5 Å². The van der Waals surface area contributed by atoms with E-state index < -0.39 is 0 Å². The molecule has 5 nitrogen and oxygen atoms in total. The first-order chi connectivity index (χ1) is 28.7. The van der Waals surface area contributed by atoms with Crippen molar-refractivity contribution in [1.29, 1.82) is 0 Å². The minimum Gasteiger partial charge on any atom is -0.455 e. The Kier molecular flexibility index (Phi) is 7.33. The third kappa shape index (κ3) is 5.16. The zero-order valence-corrected chi connectivity index (χ0v) is 31.7. The van der Waals surface area contributed by atoms with Crippen molar-refractivity contribution in [2.45, 2.75) is 0 Å². The van der Waals surface area contributed by atoms with Gasteiger partial charge in [-0.1, -0.05) is 164 Å². The smallest absolute Gasteiger partial charge is 0.167 e. The Bertz CT molecular complexity index is 3570. The molecule has 4 heterocycles. The number of rotatable bonds is 5. The molecular formula is C52H30N4OS. The number of hydrogen-bond acceptors (Lipinski definition) is 6. The molecule has 12 rings (SSSR count). The lowest BCUT2D eigenvalue weighted by molar-refractivity contribution is 0.669. The Balaban J connectivity index is 0.979. The van der Waals surface area contributed by atoms with Gasteiger partial charge in [-0.05, 0) is 45.5 Å². The molecule has 58 heavy (non-hydrogen) atoms. The van der Waals surface area contributed by atoms with Gasteiger partial charge in [0.1, 0.15) is 16.0 Å². The minimum absolute atomic E-state index is 0.564. The molecule has 0 aliphatic heterocycles. The summed E-state index contributed by atoms with van der Waals surface area (Å²) >= 11 is 1.76. The maximum absolute atomic E-state index is 6.41. The summed E-state index contributed by atoms with van der Waals surface area (Å²) in [4.78, 5) is 21.6. The summed E-state index contributed by atoms with van der Waals surface area (Å²) < 4.78 is 7.67. The van der Waals surface area contributed by atoms with Crippen LogP contribution in [0.1, 0.15) is 0 Å². The lowest BCUT2D eigenvalue weighted by Crippen LogP contribution is -2.00. The van der Waals surface area contributed by atoms with Gasteiger partial charge in [-0.25, -0.2) is 19.9 Å². The van der Waals surface area contributed by atoms with Gasteiger partial charge < -0.3 is 4.42 Å². The molecule has 0 atom stereocenters. The first-order valence-corrected chi connectivity index (χ1v) is 20.1. The second-order valence-corrected chi connectivity index (χ2v) is 15.6. The largest absolute Gasteiger partial charge is 0.455 e. The molecule has 0 saturated heterocycles. The van der Waals surface area contributed by atoms with E-state index >= 15 is 0 Å². The molecule has 0 aliphatic carbocycles. The second kappa shape index (κ2) is 13.0. The van der Waals surface area contributed by atoms with Gasteiger partial charge in [-0.15, -0.1) is 11.3 Å². The molecule has 0 radical (unpaired) electrons. The lowest BCUT2D eigenvalue weighted by atomic mass is 9.91. The van der Waals surface area contributed by atoms with Crippen molar-refractivity contribution < 1.29 is 4.42 Å². The van der Waals surface area contributed by atoms with Crippen molar-refractivity contribution >= 4 is 75.1 Å². The van der Waals surface area contributed by atoms with Gasteiger partial charge in [0.05, 0.1) is 11.3 Å². The molecule has 8 aromatic carbocycles. The molecule has 0 aliphatic rings. The number of furan rings is 1. The predicted octanol–water partition coefficient (Wildman–Crippen LogP) is 14.2. The third-order valence-electron chi connectivity index (χ3n) is 11.2. The number of aromatic nitrogens is 4. The van der Waals surface area contributed by atoms with E-state index in [1.165, 1.54) is 26.2 Å². The van der Waals surface area contributed by atoms with E-state index in [-0.39, 0.29) is 0 Å². The standard InChI is InChI=1S/C52H30N4OS/c1-2-13-32(14-3-1)49-54-50(56-51(55-49)43-22-12-21-41-37-17-8-10-23-44(37)57-48(41)43)33-27-25-31(26-28-33)34-29-30-40(36-16-5-4-15-35(34)36)47-39-19-7-6-18-38(39)46-42-20-9-11-24-45(42)58-52(46)53-47/h1-30H. The molecule has 270 valence electrons. The van der Waals surface area contributed by atoms with Gasteiger partial charge in [-0.3, -0.25) is 0 Å². The van der Waals surface area contributed by atoms with Gasteiger partial charge >= 0.3 is 0 Å². The van der Waals surface area contributed by atoms with Crippen LogP contribution in [0.2, 0.25) is 0 Å². The van der Waals surface area contributed by atoms with Crippen LogP contribution < -0.4 is 0 Å². The lowest BCUT2D eigenvalue weighted by Gasteiger charge is -2.14. The van der Waals surface area contributed by atoms with Crippen LogP contribution in [0, 0.1) is 0 Å². The van der Waals surface area contributed by atoms with Crippen molar-refractivity contribution in [3.05, 3.63) is 182 Å². The maximum atomic E-state index is 6.41. The fourth-order valence-electron chi connectivity index (χ4n) is 8.47. The van der Waals surface area contributed by atoms with Crippen molar-refractivity contribution in [2.75, 3.05) is 0 Å². The summed E-state index contributed by atoms with van der Waals surface area (Å²) in [6, 6.07) is 63.3. The van der Waals surface area contributed by atoms with Crippen LogP contribution >= 0.6 is 11.3 Å². The van der Waals surface area contributed by atoms with Gasteiger partial charge in [-0.2, -0.15) is 0 Å². The van der Waals surface area contributed by atoms with Crippen LogP contribution in [0.3, 0.4) is 0 Å². The Hall–Kier alpha value is -7.54. The second-order valence-electron chi connectivity index (χ2n) is 14.5. The van der Waals surface area contributed by atoms with Gasteiger partial charge in [0.2, 0.25) is 0 Å². The number of hydrogen-bond donors (Lipinski definition) is 0. The number of pyridine rings is 1. The minimum atomic E-state index is 0.564. The van der Waals surface area contributed by atoms with Gasteiger partial charge in [0.15, 0.2) is 17.5 Å². The highest BCUT2D eigenvalue weighted by molar-refractivity contribution is 7.25. The normalized spacial score (nSPS) is 11.8. The summed E-state index contributed by atoms with van der Waals surface area (Å²) in [5.41, 5.74) is 8.62. The van der Waals surface area contributed by atoms with Crippen molar-refractivity contribution in [3.63, 3.8) is 0 Å². The van der Waals surface area contributed by atoms with Crippen LogP contribution in [0.25, 0.3) is 120 Å². The molecule has 0 amide bonds. The van der Waals surface area contributed by atoms with E-state index in [1.54, 1.807) is 11.3 Å². The first-order valence-electron chi connectivity index (χ1n) is 19.3. The summed E-state index contributed by atoms with van der Waals surface area (Å²) in [6.07, 6.45) is 0.